The molecule has 0 spiro atoms. The summed E-state index contributed by atoms with van der Waals surface area (Å²) in [5.74, 6) is 0.126. The van der Waals surface area contributed by atoms with E-state index in [4.69, 9.17) is 11.6 Å². The minimum atomic E-state index is -0.343. The lowest BCUT2D eigenvalue weighted by molar-refractivity contribution is -0.113. The van der Waals surface area contributed by atoms with Gasteiger partial charge < -0.3 is 5.32 Å². The van der Waals surface area contributed by atoms with Crippen LogP contribution in [0, 0.1) is 5.82 Å². The summed E-state index contributed by atoms with van der Waals surface area (Å²) in [4.78, 5) is 12.0. The van der Waals surface area contributed by atoms with Crippen LogP contribution in [0.15, 0.2) is 60.7 Å². The van der Waals surface area contributed by atoms with Crippen LogP contribution < -0.4 is 5.32 Å². The van der Waals surface area contributed by atoms with Crippen molar-refractivity contribution in [3.8, 4) is 0 Å². The third-order valence-electron chi connectivity index (χ3n) is 3.57. The van der Waals surface area contributed by atoms with Gasteiger partial charge in [0, 0.05) is 22.0 Å². The normalized spacial score (nSPS) is 10.8. The quantitative estimate of drug-likeness (QED) is 0.651. The van der Waals surface area contributed by atoms with Crippen molar-refractivity contribution < 1.29 is 9.18 Å². The first kappa shape index (κ1) is 16.8. The van der Waals surface area contributed by atoms with Gasteiger partial charge in [-0.1, -0.05) is 48.0 Å². The van der Waals surface area contributed by atoms with Crippen LogP contribution in [-0.4, -0.2) is 11.7 Å². The molecule has 3 rings (SSSR count). The van der Waals surface area contributed by atoms with E-state index in [1.165, 1.54) is 17.8 Å². The molecule has 1 N–H and O–H groups in total. The van der Waals surface area contributed by atoms with Crippen LogP contribution in [0.3, 0.4) is 0 Å². The van der Waals surface area contributed by atoms with Gasteiger partial charge in [0.25, 0.3) is 0 Å². The summed E-state index contributed by atoms with van der Waals surface area (Å²) in [5, 5.41) is 5.44. The number of amides is 1. The molecule has 2 nitrogen and oxygen atoms in total. The number of hydrogen-bond donors (Lipinski definition) is 1. The average molecular weight is 360 g/mol. The largest absolute Gasteiger partial charge is 0.325 e. The van der Waals surface area contributed by atoms with Crippen molar-refractivity contribution in [2.45, 2.75) is 5.75 Å². The number of benzene rings is 3. The van der Waals surface area contributed by atoms with Gasteiger partial charge in [-0.2, -0.15) is 0 Å². The molecule has 0 heterocycles. The standard InChI is InChI=1S/C19H15ClFNOS/c20-17-6-3-7-18(21)16(17)11-24-12-19(23)22-15-9-8-13-4-1-2-5-14(13)10-15/h1-10H,11-12H2,(H,22,23). The van der Waals surface area contributed by atoms with Gasteiger partial charge in [0.05, 0.1) is 5.75 Å². The maximum atomic E-state index is 13.7. The highest BCUT2D eigenvalue weighted by Crippen LogP contribution is 2.24. The molecule has 3 aromatic carbocycles. The van der Waals surface area contributed by atoms with Gasteiger partial charge in [-0.25, -0.2) is 4.39 Å². The van der Waals surface area contributed by atoms with E-state index in [1.54, 1.807) is 12.1 Å². The Morgan fingerprint density at radius 3 is 2.62 bits per heavy atom. The van der Waals surface area contributed by atoms with Gasteiger partial charge in [0.2, 0.25) is 5.91 Å². The summed E-state index contributed by atoms with van der Waals surface area (Å²) in [6.07, 6.45) is 0. The second kappa shape index (κ2) is 7.69. The molecule has 0 atom stereocenters. The lowest BCUT2D eigenvalue weighted by Crippen LogP contribution is -2.14. The molecule has 0 fully saturated rings. The number of fused-ring (bicyclic) bond motifs is 1. The number of hydrogen-bond acceptors (Lipinski definition) is 2. The topological polar surface area (TPSA) is 29.1 Å². The van der Waals surface area contributed by atoms with Gasteiger partial charge in [-0.15, -0.1) is 11.8 Å². The van der Waals surface area contributed by atoms with Gasteiger partial charge in [-0.05, 0) is 35.0 Å². The Hall–Kier alpha value is -2.04. The Balaban J connectivity index is 1.57. The summed E-state index contributed by atoms with van der Waals surface area (Å²) in [7, 11) is 0. The van der Waals surface area contributed by atoms with E-state index in [1.807, 2.05) is 42.5 Å². The second-order valence-electron chi connectivity index (χ2n) is 5.30. The first-order valence-electron chi connectivity index (χ1n) is 7.43. The van der Waals surface area contributed by atoms with E-state index in [0.29, 0.717) is 16.3 Å². The van der Waals surface area contributed by atoms with Crippen LogP contribution in [0.2, 0.25) is 5.02 Å². The van der Waals surface area contributed by atoms with Crippen molar-refractivity contribution in [1.29, 1.82) is 0 Å². The molecular formula is C19H15ClFNOS. The molecule has 24 heavy (non-hydrogen) atoms. The number of thioether (sulfide) groups is 1. The molecule has 1 amide bonds. The predicted octanol–water partition coefficient (Wildman–Crippen LogP) is 5.50. The maximum Gasteiger partial charge on any atom is 0.234 e. The van der Waals surface area contributed by atoms with Crippen molar-refractivity contribution in [2.24, 2.45) is 0 Å². The Morgan fingerprint density at radius 1 is 1.04 bits per heavy atom. The molecule has 0 aliphatic heterocycles. The van der Waals surface area contributed by atoms with E-state index < -0.39 is 0 Å². The number of carbonyl (C=O) groups excluding carboxylic acids is 1. The minimum Gasteiger partial charge on any atom is -0.325 e. The molecule has 0 aliphatic carbocycles. The van der Waals surface area contributed by atoms with E-state index in [0.717, 1.165) is 16.5 Å². The van der Waals surface area contributed by atoms with E-state index >= 15 is 0 Å². The third-order valence-corrected chi connectivity index (χ3v) is 4.89. The molecule has 0 aliphatic rings. The summed E-state index contributed by atoms with van der Waals surface area (Å²) < 4.78 is 13.7. The smallest absolute Gasteiger partial charge is 0.234 e. The van der Waals surface area contributed by atoms with Crippen LogP contribution in [-0.2, 0) is 10.5 Å². The number of halogens is 2. The van der Waals surface area contributed by atoms with Crippen LogP contribution in [0.1, 0.15) is 5.56 Å². The monoisotopic (exact) mass is 359 g/mol. The predicted molar refractivity (Wildman–Crippen MR) is 100 cm³/mol. The van der Waals surface area contributed by atoms with Crippen LogP contribution in [0.25, 0.3) is 10.8 Å². The van der Waals surface area contributed by atoms with Gasteiger partial charge in [-0.3, -0.25) is 4.79 Å². The van der Waals surface area contributed by atoms with Crippen molar-refractivity contribution in [3.05, 3.63) is 77.1 Å². The second-order valence-corrected chi connectivity index (χ2v) is 6.70. The highest BCUT2D eigenvalue weighted by atomic mass is 35.5. The fourth-order valence-corrected chi connectivity index (χ4v) is 3.55. The van der Waals surface area contributed by atoms with Gasteiger partial charge in [0.15, 0.2) is 0 Å². The van der Waals surface area contributed by atoms with Crippen molar-refractivity contribution in [2.75, 3.05) is 11.1 Å². The first-order chi connectivity index (χ1) is 11.6. The average Bonchev–Trinajstić information content (AvgIpc) is 2.57. The summed E-state index contributed by atoms with van der Waals surface area (Å²) in [5.41, 5.74) is 1.19. The number of anilines is 1. The molecule has 122 valence electrons. The molecular weight excluding hydrogens is 345 g/mol. The SMILES string of the molecule is O=C(CSCc1c(F)cccc1Cl)Nc1ccc2ccccc2c1. The molecule has 5 heteroatoms. The fourth-order valence-electron chi connectivity index (χ4n) is 2.38. The lowest BCUT2D eigenvalue weighted by Gasteiger charge is -2.08. The Labute approximate surface area is 149 Å². The number of nitrogens with one attached hydrogen (secondary N) is 1. The van der Waals surface area contributed by atoms with Gasteiger partial charge in [0.1, 0.15) is 5.82 Å². The summed E-state index contributed by atoms with van der Waals surface area (Å²) in [6.45, 7) is 0. The molecule has 0 saturated carbocycles. The van der Waals surface area contributed by atoms with Crippen LogP contribution in [0.5, 0.6) is 0 Å². The fraction of sp³-hybridized carbons (Fsp3) is 0.105. The van der Waals surface area contributed by atoms with E-state index in [9.17, 15) is 9.18 Å². The zero-order valence-corrected chi connectivity index (χ0v) is 14.3. The molecule has 3 aromatic rings. The van der Waals surface area contributed by atoms with Crippen molar-refractivity contribution >= 4 is 45.7 Å². The Kier molecular flexibility index (Phi) is 5.38. The highest BCUT2D eigenvalue weighted by Gasteiger charge is 2.09. The zero-order chi connectivity index (χ0) is 16.9. The minimum absolute atomic E-state index is 0.122. The van der Waals surface area contributed by atoms with Gasteiger partial charge >= 0.3 is 0 Å². The number of rotatable bonds is 5. The Morgan fingerprint density at radius 2 is 1.83 bits per heavy atom. The molecule has 0 saturated heterocycles. The molecule has 0 radical (unpaired) electrons. The third kappa shape index (κ3) is 4.08. The van der Waals surface area contributed by atoms with Crippen molar-refractivity contribution in [1.82, 2.24) is 0 Å². The van der Waals surface area contributed by atoms with Crippen molar-refractivity contribution in [3.63, 3.8) is 0 Å². The van der Waals surface area contributed by atoms with Crippen LogP contribution >= 0.6 is 23.4 Å². The van der Waals surface area contributed by atoms with Crippen LogP contribution in [0.4, 0.5) is 10.1 Å². The molecule has 0 aromatic heterocycles. The molecule has 0 bridgehead atoms. The first-order valence-corrected chi connectivity index (χ1v) is 8.96. The highest BCUT2D eigenvalue weighted by molar-refractivity contribution is 7.99. The maximum absolute atomic E-state index is 13.7. The zero-order valence-electron chi connectivity index (χ0n) is 12.8. The van der Waals surface area contributed by atoms with E-state index in [2.05, 4.69) is 5.32 Å². The summed E-state index contributed by atoms with van der Waals surface area (Å²) >= 11 is 7.31. The van der Waals surface area contributed by atoms with E-state index in [-0.39, 0.29) is 17.5 Å². The molecule has 0 unspecified atom stereocenters. The summed E-state index contributed by atoms with van der Waals surface area (Å²) in [6, 6.07) is 18.3. The number of carbonyl (C=O) groups is 1. The Bertz CT molecular complexity index is 864. The lowest BCUT2D eigenvalue weighted by atomic mass is 10.1.